The molecule has 4 aliphatic rings. The first-order chi connectivity index (χ1) is 10.2. The first kappa shape index (κ1) is 12.7. The molecule has 2 fully saturated rings. The summed E-state index contributed by atoms with van der Waals surface area (Å²) in [5.74, 6) is 2.47. The number of nitro groups is 1. The fourth-order valence-electron chi connectivity index (χ4n) is 4.45. The van der Waals surface area contributed by atoms with Crippen LogP contribution in [0, 0.1) is 27.9 Å². The van der Waals surface area contributed by atoms with E-state index in [4.69, 9.17) is 0 Å². The summed E-state index contributed by atoms with van der Waals surface area (Å²) < 4.78 is 0. The smallest absolute Gasteiger partial charge is 0.271 e. The summed E-state index contributed by atoms with van der Waals surface area (Å²) in [5, 5.41) is 10.8. The van der Waals surface area contributed by atoms with Crippen LogP contribution in [-0.4, -0.2) is 4.92 Å². The Balaban J connectivity index is 1.50. The van der Waals surface area contributed by atoms with Crippen molar-refractivity contribution in [3.05, 3.63) is 45.6 Å². The highest BCUT2D eigenvalue weighted by molar-refractivity contribution is 5.50. The minimum atomic E-state index is -0.365. The average Bonchev–Trinajstić information content (AvgIpc) is 2.46. The van der Waals surface area contributed by atoms with Crippen molar-refractivity contribution in [3.63, 3.8) is 0 Å². The van der Waals surface area contributed by atoms with Crippen molar-refractivity contribution in [2.75, 3.05) is 5.43 Å². The summed E-state index contributed by atoms with van der Waals surface area (Å²) in [4.78, 5) is 10.4. The molecule has 2 unspecified atom stereocenters. The molecule has 2 N–H and O–H groups in total. The molecule has 0 aromatic heterocycles. The topological polar surface area (TPSA) is 67.2 Å². The lowest BCUT2D eigenvalue weighted by molar-refractivity contribution is -0.384. The van der Waals surface area contributed by atoms with Crippen LogP contribution in [0.3, 0.4) is 0 Å². The van der Waals surface area contributed by atoms with Crippen LogP contribution in [0.15, 0.2) is 35.5 Å². The minimum absolute atomic E-state index is 0.115. The Morgan fingerprint density at radius 2 is 1.86 bits per heavy atom. The fraction of sp³-hybridized carbons (Fsp3) is 0.500. The molecule has 5 rings (SSSR count). The molecule has 0 saturated heterocycles. The van der Waals surface area contributed by atoms with E-state index in [-0.39, 0.29) is 10.6 Å². The largest absolute Gasteiger partial charge is 0.305 e. The van der Waals surface area contributed by atoms with Gasteiger partial charge in [-0.05, 0) is 55.6 Å². The molecule has 0 spiro atoms. The standard InChI is InChI=1S/C16H19N3O2/c20-19(21)15-3-1-2-14(9-15)17-18-16-12-5-10-4-11(7-12)8-13(16)6-10/h1-3,9-12,17-18H,4-8H2. The second-order valence-corrected chi connectivity index (χ2v) is 6.62. The van der Waals surface area contributed by atoms with E-state index >= 15 is 0 Å². The number of nitro benzene ring substituents is 1. The molecular formula is C16H19N3O2. The molecule has 0 aliphatic heterocycles. The van der Waals surface area contributed by atoms with E-state index in [9.17, 15) is 10.1 Å². The first-order valence-corrected chi connectivity index (χ1v) is 7.67. The summed E-state index contributed by atoms with van der Waals surface area (Å²) in [6.07, 6.45) is 6.52. The minimum Gasteiger partial charge on any atom is -0.305 e. The quantitative estimate of drug-likeness (QED) is 0.655. The Bertz CT molecular complexity index is 610. The van der Waals surface area contributed by atoms with Gasteiger partial charge in [-0.3, -0.25) is 10.1 Å². The maximum atomic E-state index is 10.8. The lowest BCUT2D eigenvalue weighted by Gasteiger charge is -2.47. The Kier molecular flexibility index (Phi) is 2.87. The van der Waals surface area contributed by atoms with Gasteiger partial charge in [-0.15, -0.1) is 0 Å². The number of non-ortho nitro benzene ring substituents is 1. The summed E-state index contributed by atoms with van der Waals surface area (Å²) >= 11 is 0. The van der Waals surface area contributed by atoms with Gasteiger partial charge in [-0.1, -0.05) is 6.07 Å². The monoisotopic (exact) mass is 285 g/mol. The van der Waals surface area contributed by atoms with Crippen molar-refractivity contribution in [1.29, 1.82) is 0 Å². The fourth-order valence-corrected chi connectivity index (χ4v) is 4.45. The molecule has 4 aliphatic carbocycles. The predicted octanol–water partition coefficient (Wildman–Crippen LogP) is 3.61. The van der Waals surface area contributed by atoms with Crippen LogP contribution in [-0.2, 0) is 0 Å². The van der Waals surface area contributed by atoms with Gasteiger partial charge in [-0.2, -0.15) is 0 Å². The summed E-state index contributed by atoms with van der Waals surface area (Å²) in [5.41, 5.74) is 10.3. The normalized spacial score (nSPS) is 29.6. The Morgan fingerprint density at radius 3 is 2.52 bits per heavy atom. The number of allylic oxidation sites excluding steroid dienone is 2. The van der Waals surface area contributed by atoms with Crippen LogP contribution < -0.4 is 10.9 Å². The lowest BCUT2D eigenvalue weighted by atomic mass is 9.60. The van der Waals surface area contributed by atoms with Crippen molar-refractivity contribution < 1.29 is 4.92 Å². The number of hydrogen-bond acceptors (Lipinski definition) is 4. The lowest BCUT2D eigenvalue weighted by Crippen LogP contribution is -2.40. The van der Waals surface area contributed by atoms with Gasteiger partial charge in [0.2, 0.25) is 0 Å². The molecule has 1 aromatic carbocycles. The molecular weight excluding hydrogens is 266 g/mol. The average molecular weight is 285 g/mol. The second-order valence-electron chi connectivity index (χ2n) is 6.62. The number of rotatable bonds is 4. The molecule has 2 saturated carbocycles. The summed E-state index contributed by atoms with van der Waals surface area (Å²) in [6, 6.07) is 6.63. The maximum Gasteiger partial charge on any atom is 0.271 e. The van der Waals surface area contributed by atoms with Crippen LogP contribution in [0.1, 0.15) is 32.1 Å². The number of nitrogens with zero attached hydrogens (tertiary/aromatic N) is 1. The second kappa shape index (κ2) is 4.76. The van der Waals surface area contributed by atoms with E-state index in [1.165, 1.54) is 43.9 Å². The van der Waals surface area contributed by atoms with Crippen molar-refractivity contribution in [2.45, 2.75) is 32.1 Å². The van der Waals surface area contributed by atoms with Gasteiger partial charge in [0, 0.05) is 23.7 Å². The number of anilines is 1. The van der Waals surface area contributed by atoms with Crippen LogP contribution >= 0.6 is 0 Å². The summed E-state index contributed by atoms with van der Waals surface area (Å²) in [6.45, 7) is 0. The van der Waals surface area contributed by atoms with Gasteiger partial charge in [-0.25, -0.2) is 0 Å². The predicted molar refractivity (Wildman–Crippen MR) is 80.4 cm³/mol. The molecule has 0 amide bonds. The molecule has 0 heterocycles. The molecule has 110 valence electrons. The van der Waals surface area contributed by atoms with Crippen molar-refractivity contribution in [2.24, 2.45) is 17.8 Å². The Hall–Kier alpha value is -2.04. The van der Waals surface area contributed by atoms with E-state index in [1.54, 1.807) is 17.7 Å². The highest BCUT2D eigenvalue weighted by Gasteiger charge is 2.41. The van der Waals surface area contributed by atoms with Crippen LogP contribution in [0.25, 0.3) is 0 Å². The SMILES string of the molecule is O=[N+]([O-])c1cccc(NNC2=C3CC4CC(C3)CC2C4)c1. The van der Waals surface area contributed by atoms with Crippen molar-refractivity contribution in [1.82, 2.24) is 5.43 Å². The third-order valence-corrected chi connectivity index (χ3v) is 5.16. The van der Waals surface area contributed by atoms with Crippen molar-refractivity contribution >= 4 is 11.4 Å². The van der Waals surface area contributed by atoms with Gasteiger partial charge in [0.1, 0.15) is 0 Å². The zero-order valence-corrected chi connectivity index (χ0v) is 11.8. The maximum absolute atomic E-state index is 10.8. The molecule has 5 nitrogen and oxygen atoms in total. The highest BCUT2D eigenvalue weighted by Crippen LogP contribution is 2.52. The Labute approximate surface area is 123 Å². The molecule has 21 heavy (non-hydrogen) atoms. The molecule has 0 radical (unpaired) electrons. The zero-order chi connectivity index (χ0) is 14.4. The first-order valence-electron chi connectivity index (χ1n) is 7.67. The van der Waals surface area contributed by atoms with Crippen LogP contribution in [0.5, 0.6) is 0 Å². The highest BCUT2D eigenvalue weighted by atomic mass is 16.6. The van der Waals surface area contributed by atoms with Crippen LogP contribution in [0.4, 0.5) is 11.4 Å². The molecule has 4 bridgehead atoms. The van der Waals surface area contributed by atoms with E-state index in [1.807, 2.05) is 6.07 Å². The third-order valence-electron chi connectivity index (χ3n) is 5.16. The Morgan fingerprint density at radius 1 is 1.10 bits per heavy atom. The van der Waals surface area contributed by atoms with E-state index in [0.29, 0.717) is 5.92 Å². The molecule has 1 aromatic rings. The third kappa shape index (κ3) is 2.26. The number of hydrazine groups is 1. The number of nitrogens with one attached hydrogen (secondary N) is 2. The number of benzene rings is 1. The summed E-state index contributed by atoms with van der Waals surface area (Å²) in [7, 11) is 0. The molecule has 5 heteroatoms. The van der Waals surface area contributed by atoms with E-state index < -0.39 is 0 Å². The van der Waals surface area contributed by atoms with Crippen LogP contribution in [0.2, 0.25) is 0 Å². The van der Waals surface area contributed by atoms with Gasteiger partial charge >= 0.3 is 0 Å². The van der Waals surface area contributed by atoms with Gasteiger partial charge < -0.3 is 10.9 Å². The van der Waals surface area contributed by atoms with Gasteiger partial charge in [0.05, 0.1) is 10.6 Å². The molecule has 2 atom stereocenters. The van der Waals surface area contributed by atoms with Gasteiger partial charge in [0.15, 0.2) is 0 Å². The number of hydrogen-bond donors (Lipinski definition) is 2. The van der Waals surface area contributed by atoms with Gasteiger partial charge in [0.25, 0.3) is 5.69 Å². The van der Waals surface area contributed by atoms with E-state index in [2.05, 4.69) is 10.9 Å². The van der Waals surface area contributed by atoms with Crippen molar-refractivity contribution in [3.8, 4) is 0 Å². The van der Waals surface area contributed by atoms with E-state index in [0.717, 1.165) is 17.5 Å². The zero-order valence-electron chi connectivity index (χ0n) is 11.8.